The summed E-state index contributed by atoms with van der Waals surface area (Å²) in [4.78, 5) is 26.1. The molecule has 0 radical (unpaired) electrons. The van der Waals surface area contributed by atoms with Crippen LogP contribution in [0.4, 0.5) is 0 Å². The zero-order chi connectivity index (χ0) is 15.4. The van der Waals surface area contributed by atoms with Gasteiger partial charge in [-0.25, -0.2) is 0 Å². The van der Waals surface area contributed by atoms with Crippen molar-refractivity contribution in [1.82, 2.24) is 4.90 Å². The Morgan fingerprint density at radius 3 is 2.76 bits per heavy atom. The number of carbonyl (C=O) groups excluding carboxylic acids is 2. The lowest BCUT2D eigenvalue weighted by molar-refractivity contribution is -0.118. The second-order valence-electron chi connectivity index (χ2n) is 5.76. The summed E-state index contributed by atoms with van der Waals surface area (Å²) in [5.74, 6) is 0.704. The third-order valence-electron chi connectivity index (χ3n) is 4.00. The van der Waals surface area contributed by atoms with Crippen LogP contribution in [0, 0.1) is 6.92 Å². The van der Waals surface area contributed by atoms with Gasteiger partial charge in [-0.15, -0.1) is 0 Å². The number of methoxy groups -OCH3 is 1. The Kier molecular flexibility index (Phi) is 4.99. The SMILES string of the molecule is COc1ccc(C)cc1C(=O)N1CCCCC1CC(C)=O. The van der Waals surface area contributed by atoms with Crippen molar-refractivity contribution < 1.29 is 14.3 Å². The van der Waals surface area contributed by atoms with Crippen LogP contribution in [-0.4, -0.2) is 36.3 Å². The molecule has 1 aromatic carbocycles. The highest BCUT2D eigenvalue weighted by molar-refractivity contribution is 5.97. The summed E-state index contributed by atoms with van der Waals surface area (Å²) in [7, 11) is 1.57. The summed E-state index contributed by atoms with van der Waals surface area (Å²) in [6.07, 6.45) is 3.42. The second-order valence-corrected chi connectivity index (χ2v) is 5.76. The Bertz CT molecular complexity index is 539. The first-order valence-corrected chi connectivity index (χ1v) is 7.48. The van der Waals surface area contributed by atoms with Gasteiger partial charge in [0.1, 0.15) is 11.5 Å². The number of benzene rings is 1. The third-order valence-corrected chi connectivity index (χ3v) is 4.00. The fraction of sp³-hybridized carbons (Fsp3) is 0.529. The maximum Gasteiger partial charge on any atom is 0.257 e. The average molecular weight is 289 g/mol. The third kappa shape index (κ3) is 3.63. The van der Waals surface area contributed by atoms with Gasteiger partial charge in [0.25, 0.3) is 5.91 Å². The van der Waals surface area contributed by atoms with Gasteiger partial charge < -0.3 is 9.64 Å². The molecule has 0 aliphatic carbocycles. The molecule has 0 aromatic heterocycles. The molecule has 114 valence electrons. The predicted octanol–water partition coefficient (Wildman–Crippen LogP) is 2.98. The molecule has 4 nitrogen and oxygen atoms in total. The first-order valence-electron chi connectivity index (χ1n) is 7.48. The van der Waals surface area contributed by atoms with Crippen molar-refractivity contribution >= 4 is 11.7 Å². The molecular weight excluding hydrogens is 266 g/mol. The van der Waals surface area contributed by atoms with Gasteiger partial charge in [-0.3, -0.25) is 9.59 Å². The molecule has 21 heavy (non-hydrogen) atoms. The molecule has 1 fully saturated rings. The van der Waals surface area contributed by atoms with Gasteiger partial charge in [0.05, 0.1) is 12.7 Å². The van der Waals surface area contributed by atoms with E-state index < -0.39 is 0 Å². The van der Waals surface area contributed by atoms with Crippen molar-refractivity contribution in [2.75, 3.05) is 13.7 Å². The number of aryl methyl sites for hydroxylation is 1. The smallest absolute Gasteiger partial charge is 0.257 e. The number of piperidine rings is 1. The number of hydrogen-bond donors (Lipinski definition) is 0. The molecule has 0 saturated carbocycles. The van der Waals surface area contributed by atoms with Crippen molar-refractivity contribution in [3.05, 3.63) is 29.3 Å². The lowest BCUT2D eigenvalue weighted by atomic mass is 9.96. The largest absolute Gasteiger partial charge is 0.496 e. The monoisotopic (exact) mass is 289 g/mol. The highest BCUT2D eigenvalue weighted by Gasteiger charge is 2.29. The number of Topliss-reactive ketones (excluding diaryl/α,β-unsaturated/α-hetero) is 1. The lowest BCUT2D eigenvalue weighted by Crippen LogP contribution is -2.44. The average Bonchev–Trinajstić information content (AvgIpc) is 2.46. The molecule has 1 unspecified atom stereocenters. The van der Waals surface area contributed by atoms with E-state index >= 15 is 0 Å². The van der Waals surface area contributed by atoms with Crippen LogP contribution in [0.1, 0.15) is 48.5 Å². The zero-order valence-corrected chi connectivity index (χ0v) is 13.0. The first kappa shape index (κ1) is 15.5. The number of ether oxygens (including phenoxy) is 1. The molecule has 1 saturated heterocycles. The van der Waals surface area contributed by atoms with Gasteiger partial charge in [-0.1, -0.05) is 11.6 Å². The fourth-order valence-corrected chi connectivity index (χ4v) is 2.96. The predicted molar refractivity (Wildman–Crippen MR) is 81.7 cm³/mol. The van der Waals surface area contributed by atoms with E-state index in [-0.39, 0.29) is 17.7 Å². The standard InChI is InChI=1S/C17H23NO3/c1-12-7-8-16(21-3)15(10-12)17(20)18-9-5-4-6-14(18)11-13(2)19/h7-8,10,14H,4-6,9,11H2,1-3H3. The maximum atomic E-state index is 12.9. The van der Waals surface area contributed by atoms with Crippen LogP contribution < -0.4 is 4.74 Å². The summed E-state index contributed by atoms with van der Waals surface area (Å²) >= 11 is 0. The van der Waals surface area contributed by atoms with Crippen LogP contribution in [-0.2, 0) is 4.79 Å². The molecule has 0 spiro atoms. The Labute approximate surface area is 126 Å². The topological polar surface area (TPSA) is 46.6 Å². The quantitative estimate of drug-likeness (QED) is 0.856. The summed E-state index contributed by atoms with van der Waals surface area (Å²) in [6.45, 7) is 4.26. The molecule has 0 bridgehead atoms. The summed E-state index contributed by atoms with van der Waals surface area (Å²) in [5, 5.41) is 0. The molecule has 1 aliphatic rings. The highest BCUT2D eigenvalue weighted by Crippen LogP contribution is 2.26. The number of likely N-dealkylation sites (tertiary alicyclic amines) is 1. The van der Waals surface area contributed by atoms with Crippen molar-refractivity contribution in [2.24, 2.45) is 0 Å². The Morgan fingerprint density at radius 2 is 2.10 bits per heavy atom. The van der Waals surface area contributed by atoms with Crippen molar-refractivity contribution in [3.63, 3.8) is 0 Å². The minimum atomic E-state index is -0.0264. The normalized spacial score (nSPS) is 18.4. The number of carbonyl (C=O) groups is 2. The van der Waals surface area contributed by atoms with E-state index in [1.165, 1.54) is 0 Å². The summed E-state index contributed by atoms with van der Waals surface area (Å²) in [5.41, 5.74) is 1.62. The summed E-state index contributed by atoms with van der Waals surface area (Å²) < 4.78 is 5.31. The molecule has 1 heterocycles. The zero-order valence-electron chi connectivity index (χ0n) is 13.0. The van der Waals surface area contributed by atoms with Crippen LogP contribution in [0.3, 0.4) is 0 Å². The summed E-state index contributed by atoms with van der Waals surface area (Å²) in [6, 6.07) is 5.64. The highest BCUT2D eigenvalue weighted by atomic mass is 16.5. The Balaban J connectivity index is 2.28. The molecule has 0 N–H and O–H groups in total. The van der Waals surface area contributed by atoms with E-state index in [0.29, 0.717) is 24.3 Å². The van der Waals surface area contributed by atoms with Gasteiger partial charge >= 0.3 is 0 Å². The fourth-order valence-electron chi connectivity index (χ4n) is 2.96. The van der Waals surface area contributed by atoms with E-state index in [9.17, 15) is 9.59 Å². The second kappa shape index (κ2) is 6.74. The van der Waals surface area contributed by atoms with Crippen molar-refractivity contribution in [1.29, 1.82) is 0 Å². The first-order chi connectivity index (χ1) is 10.0. The van der Waals surface area contributed by atoms with Gasteiger partial charge in [-0.2, -0.15) is 0 Å². The van der Waals surface area contributed by atoms with Gasteiger partial charge in [-0.05, 0) is 45.2 Å². The Morgan fingerprint density at radius 1 is 1.33 bits per heavy atom. The van der Waals surface area contributed by atoms with E-state index in [0.717, 1.165) is 24.8 Å². The van der Waals surface area contributed by atoms with Crippen LogP contribution in [0.15, 0.2) is 18.2 Å². The van der Waals surface area contributed by atoms with E-state index in [1.807, 2.05) is 30.0 Å². The molecular formula is C17H23NO3. The van der Waals surface area contributed by atoms with Crippen molar-refractivity contribution in [3.8, 4) is 5.75 Å². The molecule has 1 atom stereocenters. The number of ketones is 1. The number of hydrogen-bond acceptors (Lipinski definition) is 3. The van der Waals surface area contributed by atoms with Crippen LogP contribution in [0.25, 0.3) is 0 Å². The molecule has 1 aromatic rings. The Hall–Kier alpha value is -1.84. The number of amides is 1. The molecule has 2 rings (SSSR count). The van der Waals surface area contributed by atoms with Crippen LogP contribution in [0.2, 0.25) is 0 Å². The maximum absolute atomic E-state index is 12.9. The van der Waals surface area contributed by atoms with Gasteiger partial charge in [0.15, 0.2) is 0 Å². The minimum Gasteiger partial charge on any atom is -0.496 e. The minimum absolute atomic E-state index is 0.0222. The van der Waals surface area contributed by atoms with Gasteiger partial charge in [0.2, 0.25) is 0 Å². The number of nitrogens with zero attached hydrogens (tertiary/aromatic N) is 1. The molecule has 1 amide bonds. The van der Waals surface area contributed by atoms with Crippen LogP contribution in [0.5, 0.6) is 5.75 Å². The van der Waals surface area contributed by atoms with Crippen LogP contribution >= 0.6 is 0 Å². The lowest BCUT2D eigenvalue weighted by Gasteiger charge is -2.35. The van der Waals surface area contributed by atoms with Gasteiger partial charge in [0, 0.05) is 19.0 Å². The molecule has 4 heteroatoms. The molecule has 1 aliphatic heterocycles. The van der Waals surface area contributed by atoms with E-state index in [1.54, 1.807) is 14.0 Å². The van der Waals surface area contributed by atoms with Crippen molar-refractivity contribution in [2.45, 2.75) is 45.6 Å². The van der Waals surface area contributed by atoms with E-state index in [2.05, 4.69) is 0 Å². The number of rotatable bonds is 4. The van der Waals surface area contributed by atoms with E-state index in [4.69, 9.17) is 4.74 Å².